The largest absolute Gasteiger partial charge is 0.486 e. The molecule has 0 unspecified atom stereocenters. The molecule has 3 fully saturated rings. The normalized spacial score (nSPS) is 22.3. The summed E-state index contributed by atoms with van der Waals surface area (Å²) in [6.07, 6.45) is 5.04. The number of fused-ring (bicyclic) bond motifs is 2. The van der Waals surface area contributed by atoms with Crippen LogP contribution in [0.4, 0.5) is 11.5 Å². The Kier molecular flexibility index (Phi) is 6.32. The second kappa shape index (κ2) is 9.76. The van der Waals surface area contributed by atoms with E-state index in [1.165, 1.54) is 16.7 Å². The van der Waals surface area contributed by atoms with E-state index in [0.29, 0.717) is 24.5 Å². The monoisotopic (exact) mass is 486 g/mol. The Morgan fingerprint density at radius 3 is 2.78 bits per heavy atom. The number of benzene rings is 1. The number of hydrogen-bond acceptors (Lipinski definition) is 6. The lowest BCUT2D eigenvalue weighted by Gasteiger charge is -2.43. The van der Waals surface area contributed by atoms with Crippen LogP contribution in [0.2, 0.25) is 0 Å². The maximum atomic E-state index is 12.1. The number of aryl methyl sites for hydroxylation is 1. The van der Waals surface area contributed by atoms with Gasteiger partial charge in [0.15, 0.2) is 0 Å². The number of ether oxygens (including phenoxy) is 2. The zero-order valence-corrected chi connectivity index (χ0v) is 21.2. The van der Waals surface area contributed by atoms with Crippen LogP contribution in [-0.2, 0) is 16.1 Å². The summed E-state index contributed by atoms with van der Waals surface area (Å²) in [5.74, 6) is 8.18. The fourth-order valence-electron chi connectivity index (χ4n) is 6.18. The fraction of sp³-hybridized carbons (Fsp3) is 0.517. The molecule has 3 saturated heterocycles. The van der Waals surface area contributed by atoms with Crippen molar-refractivity contribution in [2.45, 2.75) is 57.6 Å². The predicted octanol–water partition coefficient (Wildman–Crippen LogP) is 3.94. The highest BCUT2D eigenvalue weighted by Crippen LogP contribution is 2.42. The smallest absolute Gasteiger partial charge is 0.298 e. The van der Waals surface area contributed by atoms with Crippen LogP contribution >= 0.6 is 0 Å². The quantitative estimate of drug-likeness (QED) is 0.663. The molecule has 0 radical (unpaired) electrons. The van der Waals surface area contributed by atoms with Gasteiger partial charge < -0.3 is 19.7 Å². The van der Waals surface area contributed by atoms with Gasteiger partial charge in [-0.05, 0) is 73.8 Å². The van der Waals surface area contributed by atoms with Gasteiger partial charge in [-0.15, -0.1) is 0 Å². The molecule has 2 aromatic rings. The van der Waals surface area contributed by atoms with E-state index >= 15 is 0 Å². The number of nitrogens with one attached hydrogen (secondary N) is 1. The van der Waals surface area contributed by atoms with Crippen LogP contribution in [0.3, 0.4) is 0 Å². The van der Waals surface area contributed by atoms with Crippen molar-refractivity contribution in [3.05, 3.63) is 46.6 Å². The van der Waals surface area contributed by atoms with Crippen molar-refractivity contribution in [3.63, 3.8) is 0 Å². The summed E-state index contributed by atoms with van der Waals surface area (Å²) >= 11 is 0. The molecule has 0 saturated carbocycles. The predicted molar refractivity (Wildman–Crippen MR) is 139 cm³/mol. The van der Waals surface area contributed by atoms with Crippen LogP contribution in [0.25, 0.3) is 0 Å². The van der Waals surface area contributed by atoms with Crippen molar-refractivity contribution in [3.8, 4) is 17.6 Å². The Bertz CT molecular complexity index is 1220. The highest BCUT2D eigenvalue weighted by Gasteiger charge is 2.38. The third-order valence-electron chi connectivity index (χ3n) is 8.24. The third-order valence-corrected chi connectivity index (χ3v) is 8.24. The van der Waals surface area contributed by atoms with E-state index in [4.69, 9.17) is 14.5 Å². The summed E-state index contributed by atoms with van der Waals surface area (Å²) < 4.78 is 12.0. The maximum Gasteiger partial charge on any atom is 0.298 e. The minimum absolute atomic E-state index is 0.0432. The third kappa shape index (κ3) is 4.33. The lowest BCUT2D eigenvalue weighted by atomic mass is 9.88. The minimum atomic E-state index is -0.0432. The van der Waals surface area contributed by atoms with Crippen molar-refractivity contribution in [2.75, 3.05) is 44.7 Å². The SMILES string of the molecule is CC#CC(=O)N1CC[C@@H](N2CC(c3cc(C)c4c(c3)Nc3nccc(C5CCOCC5)c3CO4)C2)C1. The van der Waals surface area contributed by atoms with Gasteiger partial charge in [0.05, 0.1) is 5.69 Å². The van der Waals surface area contributed by atoms with Gasteiger partial charge >= 0.3 is 0 Å². The van der Waals surface area contributed by atoms with Crippen LogP contribution < -0.4 is 10.1 Å². The first-order chi connectivity index (χ1) is 17.6. The van der Waals surface area contributed by atoms with E-state index in [9.17, 15) is 4.79 Å². The van der Waals surface area contributed by atoms with Gasteiger partial charge in [-0.2, -0.15) is 0 Å². The van der Waals surface area contributed by atoms with Gasteiger partial charge in [0.2, 0.25) is 0 Å². The topological polar surface area (TPSA) is 66.9 Å². The van der Waals surface area contributed by atoms with Crippen molar-refractivity contribution in [1.82, 2.24) is 14.8 Å². The number of hydrogen-bond donors (Lipinski definition) is 1. The van der Waals surface area contributed by atoms with Crippen molar-refractivity contribution in [1.29, 1.82) is 0 Å². The first-order valence-corrected chi connectivity index (χ1v) is 13.2. The Labute approximate surface area is 213 Å². The summed E-state index contributed by atoms with van der Waals surface area (Å²) in [5.41, 5.74) is 6.01. The van der Waals surface area contributed by atoms with Crippen LogP contribution in [-0.4, -0.2) is 66.1 Å². The molecule has 1 amide bonds. The molecule has 1 N–H and O–H groups in total. The molecule has 5 heterocycles. The zero-order chi connectivity index (χ0) is 24.6. The van der Waals surface area contributed by atoms with E-state index in [1.54, 1.807) is 6.92 Å². The Hall–Kier alpha value is -3.08. The Morgan fingerprint density at radius 2 is 1.97 bits per heavy atom. The number of carbonyl (C=O) groups excluding carboxylic acids is 1. The van der Waals surface area contributed by atoms with Gasteiger partial charge in [-0.25, -0.2) is 4.98 Å². The molecular weight excluding hydrogens is 452 g/mol. The number of aromatic nitrogens is 1. The molecule has 1 aromatic heterocycles. The van der Waals surface area contributed by atoms with E-state index < -0.39 is 0 Å². The molecular formula is C29H34N4O3. The minimum Gasteiger partial charge on any atom is -0.486 e. The Morgan fingerprint density at radius 1 is 1.14 bits per heavy atom. The highest BCUT2D eigenvalue weighted by atomic mass is 16.5. The second-order valence-electron chi connectivity index (χ2n) is 10.5. The van der Waals surface area contributed by atoms with Crippen LogP contribution in [0.1, 0.15) is 60.3 Å². The van der Waals surface area contributed by atoms with E-state index in [2.05, 4.69) is 47.2 Å². The van der Waals surface area contributed by atoms with Crippen molar-refractivity contribution in [2.24, 2.45) is 0 Å². The van der Waals surface area contributed by atoms with Gasteiger partial charge in [0.25, 0.3) is 5.91 Å². The first kappa shape index (κ1) is 23.3. The zero-order valence-electron chi connectivity index (χ0n) is 21.2. The molecule has 7 heteroatoms. The van der Waals surface area contributed by atoms with Gasteiger partial charge in [-0.1, -0.05) is 12.0 Å². The molecule has 6 rings (SSSR count). The molecule has 1 aromatic carbocycles. The molecule has 188 valence electrons. The van der Waals surface area contributed by atoms with Gasteiger partial charge in [0.1, 0.15) is 18.2 Å². The summed E-state index contributed by atoms with van der Waals surface area (Å²) in [5, 5.41) is 3.63. The van der Waals surface area contributed by atoms with Crippen LogP contribution in [0.5, 0.6) is 5.75 Å². The molecule has 36 heavy (non-hydrogen) atoms. The summed E-state index contributed by atoms with van der Waals surface area (Å²) in [6.45, 7) is 9.66. The van der Waals surface area contributed by atoms with Gasteiger partial charge in [0, 0.05) is 63.1 Å². The molecule has 0 bridgehead atoms. The lowest BCUT2D eigenvalue weighted by molar-refractivity contribution is -0.124. The number of likely N-dealkylation sites (tertiary alicyclic amines) is 2. The first-order valence-electron chi connectivity index (χ1n) is 13.2. The Balaban J connectivity index is 1.16. The molecule has 0 spiro atoms. The molecule has 4 aliphatic heterocycles. The van der Waals surface area contributed by atoms with Crippen LogP contribution in [0.15, 0.2) is 24.4 Å². The summed E-state index contributed by atoms with van der Waals surface area (Å²) in [6, 6.07) is 7.13. The lowest BCUT2D eigenvalue weighted by Crippen LogP contribution is -2.51. The average molecular weight is 487 g/mol. The standard InChI is InChI=1S/C29H34N4O3/c1-3-4-27(34)32-10-6-23(17-32)33-15-22(16-33)21-13-19(2)28-26(14-21)31-29-25(18-36-28)24(5-9-30-29)20-7-11-35-12-8-20/h5,9,13-14,20,22-23H,6-8,10-12,15-18H2,1-2H3,(H,30,31)/t23-/m1/s1. The van der Waals surface area contributed by atoms with E-state index in [0.717, 1.165) is 81.5 Å². The highest BCUT2D eigenvalue weighted by molar-refractivity contribution is 5.93. The average Bonchev–Trinajstić information content (AvgIpc) is 3.25. The molecule has 7 nitrogen and oxygen atoms in total. The molecule has 4 aliphatic rings. The van der Waals surface area contributed by atoms with Crippen LogP contribution in [0, 0.1) is 18.8 Å². The van der Waals surface area contributed by atoms with E-state index in [-0.39, 0.29) is 5.91 Å². The maximum absolute atomic E-state index is 12.1. The second-order valence-corrected chi connectivity index (χ2v) is 10.5. The number of rotatable bonds is 3. The number of nitrogens with zero attached hydrogens (tertiary/aromatic N) is 3. The van der Waals surface area contributed by atoms with Gasteiger partial charge in [-0.3, -0.25) is 9.69 Å². The summed E-state index contributed by atoms with van der Waals surface area (Å²) in [4.78, 5) is 21.2. The molecule has 0 aliphatic carbocycles. The summed E-state index contributed by atoms with van der Waals surface area (Å²) in [7, 11) is 0. The number of anilines is 2. The fourth-order valence-corrected chi connectivity index (χ4v) is 6.18. The molecule has 1 atom stereocenters. The van der Waals surface area contributed by atoms with Crippen molar-refractivity contribution >= 4 is 17.4 Å². The van der Waals surface area contributed by atoms with E-state index in [1.807, 2.05) is 11.1 Å². The van der Waals surface area contributed by atoms with Crippen molar-refractivity contribution < 1.29 is 14.3 Å². The number of pyridine rings is 1. The number of carbonyl (C=O) groups is 1. The number of amides is 1.